The van der Waals surface area contributed by atoms with Gasteiger partial charge in [0, 0.05) is 17.5 Å². The highest BCUT2D eigenvalue weighted by Gasteiger charge is 2.03. The third-order valence-corrected chi connectivity index (χ3v) is 3.70. The molecule has 1 N–H and O–H groups in total. The number of thiazole rings is 1. The lowest BCUT2D eigenvalue weighted by molar-refractivity contribution is 0.615. The summed E-state index contributed by atoms with van der Waals surface area (Å²) in [5.74, 6) is 0. The molecule has 0 unspecified atom stereocenters. The fraction of sp³-hybridized carbons (Fsp3) is 0.400. The van der Waals surface area contributed by atoms with Crippen LogP contribution >= 0.6 is 11.3 Å². The molecule has 0 radical (unpaired) electrons. The van der Waals surface area contributed by atoms with Crippen molar-refractivity contribution in [1.29, 1.82) is 0 Å². The molecular formula is C15H20N2S. The van der Waals surface area contributed by atoms with Crippen molar-refractivity contribution in [1.82, 2.24) is 10.3 Å². The highest BCUT2D eigenvalue weighted by molar-refractivity contribution is 7.09. The van der Waals surface area contributed by atoms with E-state index in [2.05, 4.69) is 46.9 Å². The number of nitrogens with one attached hydrogen (secondary N) is 1. The summed E-state index contributed by atoms with van der Waals surface area (Å²) in [6, 6.07) is 10.3. The zero-order valence-electron chi connectivity index (χ0n) is 10.9. The molecule has 0 atom stereocenters. The number of hydrogen-bond donors (Lipinski definition) is 1. The average Bonchev–Trinajstić information content (AvgIpc) is 2.88. The van der Waals surface area contributed by atoms with E-state index < -0.39 is 0 Å². The first-order valence-electron chi connectivity index (χ1n) is 6.60. The maximum Gasteiger partial charge on any atom is 0.107 e. The Hall–Kier alpha value is -1.19. The molecule has 0 spiro atoms. The van der Waals surface area contributed by atoms with E-state index in [1.807, 2.05) is 6.07 Å². The van der Waals surface area contributed by atoms with E-state index in [-0.39, 0.29) is 0 Å². The summed E-state index contributed by atoms with van der Waals surface area (Å²) in [5, 5.41) is 6.76. The maximum atomic E-state index is 4.65. The van der Waals surface area contributed by atoms with E-state index in [1.165, 1.54) is 29.8 Å². The molecule has 2 aromatic rings. The summed E-state index contributed by atoms with van der Waals surface area (Å²) in [5.41, 5.74) is 2.29. The second-order valence-electron chi connectivity index (χ2n) is 4.38. The molecule has 3 heteroatoms. The van der Waals surface area contributed by atoms with Gasteiger partial charge in [-0.25, -0.2) is 4.98 Å². The fourth-order valence-corrected chi connectivity index (χ4v) is 2.60. The molecule has 2 rings (SSSR count). The van der Waals surface area contributed by atoms with Crippen molar-refractivity contribution in [3.05, 3.63) is 40.7 Å². The summed E-state index contributed by atoms with van der Waals surface area (Å²) >= 11 is 1.73. The lowest BCUT2D eigenvalue weighted by Crippen LogP contribution is -2.14. The monoisotopic (exact) mass is 260 g/mol. The van der Waals surface area contributed by atoms with Gasteiger partial charge in [-0.3, -0.25) is 0 Å². The summed E-state index contributed by atoms with van der Waals surface area (Å²) in [6.45, 7) is 4.21. The molecule has 18 heavy (non-hydrogen) atoms. The van der Waals surface area contributed by atoms with Gasteiger partial charge < -0.3 is 5.32 Å². The SMILES string of the molecule is CCCCCNCc1nc(-c2ccccc2)cs1. The van der Waals surface area contributed by atoms with Crippen LogP contribution in [0, 0.1) is 0 Å². The zero-order valence-corrected chi connectivity index (χ0v) is 11.7. The topological polar surface area (TPSA) is 24.9 Å². The molecule has 1 heterocycles. The van der Waals surface area contributed by atoms with Crippen LogP contribution in [0.1, 0.15) is 31.2 Å². The van der Waals surface area contributed by atoms with Crippen LogP contribution in [-0.2, 0) is 6.54 Å². The van der Waals surface area contributed by atoms with Gasteiger partial charge in [0.2, 0.25) is 0 Å². The van der Waals surface area contributed by atoms with E-state index in [0.29, 0.717) is 0 Å². The van der Waals surface area contributed by atoms with Crippen LogP contribution in [0.2, 0.25) is 0 Å². The van der Waals surface area contributed by atoms with Gasteiger partial charge in [0.1, 0.15) is 5.01 Å². The second kappa shape index (κ2) is 7.29. The van der Waals surface area contributed by atoms with Gasteiger partial charge in [0.15, 0.2) is 0 Å². The Labute approximate surface area is 113 Å². The number of hydrogen-bond acceptors (Lipinski definition) is 3. The van der Waals surface area contributed by atoms with Crippen molar-refractivity contribution in [3.8, 4) is 11.3 Å². The van der Waals surface area contributed by atoms with Gasteiger partial charge in [-0.2, -0.15) is 0 Å². The minimum Gasteiger partial charge on any atom is -0.310 e. The molecule has 1 aromatic carbocycles. The van der Waals surface area contributed by atoms with Gasteiger partial charge in [0.25, 0.3) is 0 Å². The number of nitrogens with zero attached hydrogens (tertiary/aromatic N) is 1. The van der Waals surface area contributed by atoms with Gasteiger partial charge in [-0.1, -0.05) is 50.1 Å². The first-order chi connectivity index (χ1) is 8.90. The Kier molecular flexibility index (Phi) is 5.36. The molecule has 0 fully saturated rings. The van der Waals surface area contributed by atoms with Gasteiger partial charge >= 0.3 is 0 Å². The molecular weight excluding hydrogens is 240 g/mol. The smallest absolute Gasteiger partial charge is 0.107 e. The Bertz CT molecular complexity index is 451. The highest BCUT2D eigenvalue weighted by atomic mass is 32.1. The lowest BCUT2D eigenvalue weighted by atomic mass is 10.2. The van der Waals surface area contributed by atoms with E-state index in [1.54, 1.807) is 11.3 Å². The molecule has 0 aliphatic rings. The average molecular weight is 260 g/mol. The van der Waals surface area contributed by atoms with E-state index in [9.17, 15) is 0 Å². The van der Waals surface area contributed by atoms with Crippen molar-refractivity contribution in [3.63, 3.8) is 0 Å². The molecule has 0 aliphatic heterocycles. The third-order valence-electron chi connectivity index (χ3n) is 2.85. The first kappa shape index (κ1) is 13.2. The van der Waals surface area contributed by atoms with Gasteiger partial charge in [-0.15, -0.1) is 11.3 Å². The van der Waals surface area contributed by atoms with Gasteiger partial charge in [-0.05, 0) is 13.0 Å². The molecule has 0 amide bonds. The van der Waals surface area contributed by atoms with E-state index >= 15 is 0 Å². The number of aromatic nitrogens is 1. The summed E-state index contributed by atoms with van der Waals surface area (Å²) in [7, 11) is 0. The number of rotatable bonds is 7. The van der Waals surface area contributed by atoms with Gasteiger partial charge in [0.05, 0.1) is 5.69 Å². The lowest BCUT2D eigenvalue weighted by Gasteiger charge is -2.00. The number of benzene rings is 1. The second-order valence-corrected chi connectivity index (χ2v) is 5.32. The third kappa shape index (κ3) is 3.93. The largest absolute Gasteiger partial charge is 0.310 e. The van der Waals surface area contributed by atoms with Crippen LogP contribution in [0.3, 0.4) is 0 Å². The molecule has 0 bridgehead atoms. The summed E-state index contributed by atoms with van der Waals surface area (Å²) in [4.78, 5) is 4.65. The quantitative estimate of drug-likeness (QED) is 0.758. The molecule has 0 saturated heterocycles. The van der Waals surface area contributed by atoms with E-state index in [0.717, 1.165) is 18.8 Å². The molecule has 0 saturated carbocycles. The van der Waals surface area contributed by atoms with Crippen LogP contribution in [-0.4, -0.2) is 11.5 Å². The van der Waals surface area contributed by atoms with Crippen LogP contribution in [0.25, 0.3) is 11.3 Å². The first-order valence-corrected chi connectivity index (χ1v) is 7.48. The summed E-state index contributed by atoms with van der Waals surface area (Å²) < 4.78 is 0. The van der Waals surface area contributed by atoms with E-state index in [4.69, 9.17) is 0 Å². The summed E-state index contributed by atoms with van der Waals surface area (Å²) in [6.07, 6.45) is 3.84. The standard InChI is InChI=1S/C15H20N2S/c1-2-3-7-10-16-11-15-17-14(12-18-15)13-8-5-4-6-9-13/h4-6,8-9,12,16H,2-3,7,10-11H2,1H3. The fourth-order valence-electron chi connectivity index (χ4n) is 1.83. The Morgan fingerprint density at radius 3 is 2.78 bits per heavy atom. The van der Waals surface area contributed by atoms with Crippen molar-refractivity contribution >= 4 is 11.3 Å². The van der Waals surface area contributed by atoms with Crippen molar-refractivity contribution in [2.45, 2.75) is 32.7 Å². The van der Waals surface area contributed by atoms with Crippen LogP contribution in [0.15, 0.2) is 35.7 Å². The molecule has 0 aliphatic carbocycles. The van der Waals surface area contributed by atoms with Crippen molar-refractivity contribution in [2.75, 3.05) is 6.54 Å². The molecule has 2 nitrogen and oxygen atoms in total. The van der Waals surface area contributed by atoms with Crippen molar-refractivity contribution in [2.24, 2.45) is 0 Å². The minimum absolute atomic E-state index is 0.890. The zero-order chi connectivity index (χ0) is 12.6. The molecule has 96 valence electrons. The Balaban J connectivity index is 1.83. The minimum atomic E-state index is 0.890. The van der Waals surface area contributed by atoms with Crippen LogP contribution < -0.4 is 5.32 Å². The van der Waals surface area contributed by atoms with Crippen LogP contribution in [0.4, 0.5) is 0 Å². The Morgan fingerprint density at radius 1 is 1.17 bits per heavy atom. The normalized spacial score (nSPS) is 10.7. The molecule has 1 aromatic heterocycles. The van der Waals surface area contributed by atoms with Crippen molar-refractivity contribution < 1.29 is 0 Å². The predicted octanol–water partition coefficient (Wildman–Crippen LogP) is 4.09. The maximum absolute atomic E-state index is 4.65. The van der Waals surface area contributed by atoms with Crippen LogP contribution in [0.5, 0.6) is 0 Å². The number of unbranched alkanes of at least 4 members (excludes halogenated alkanes) is 2. The highest BCUT2D eigenvalue weighted by Crippen LogP contribution is 2.21. The Morgan fingerprint density at radius 2 is 2.00 bits per heavy atom. The predicted molar refractivity (Wildman–Crippen MR) is 78.8 cm³/mol.